The van der Waals surface area contributed by atoms with Crippen LogP contribution in [-0.2, 0) is 6.42 Å². The molecule has 1 aromatic heterocycles. The van der Waals surface area contributed by atoms with E-state index in [1.165, 1.54) is 28.2 Å². The Hall–Kier alpha value is -1.59. The number of nitrogens with zero attached hydrogens (tertiary/aromatic N) is 3. The second-order valence-corrected chi connectivity index (χ2v) is 7.84. The number of hydrogen-bond donors (Lipinski definition) is 0. The van der Waals surface area contributed by atoms with Crippen LogP contribution in [0.2, 0.25) is 0 Å². The average molecular weight is 431 g/mol. The van der Waals surface area contributed by atoms with Crippen LogP contribution in [0.1, 0.15) is 22.9 Å². The molecule has 0 spiro atoms. The van der Waals surface area contributed by atoms with E-state index in [1.54, 1.807) is 0 Å². The van der Waals surface area contributed by atoms with Gasteiger partial charge in [-0.05, 0) is 47.9 Å². The zero-order chi connectivity index (χ0) is 15.6. The Morgan fingerprint density at radius 2 is 1.83 bits per heavy atom. The molecule has 3 nitrogen and oxygen atoms in total. The standard InChI is InChI=1S/C18H13Br2N3/c19-12-2-1-11-5-6-22-15-4-3-13(20)8-16(15)23-10-21-9-17(23)18(22)14(11)7-12/h1-4,7-10,18H,5-6H2. The monoisotopic (exact) mass is 429 g/mol. The zero-order valence-electron chi connectivity index (χ0n) is 12.2. The van der Waals surface area contributed by atoms with Gasteiger partial charge in [-0.15, -0.1) is 0 Å². The highest BCUT2D eigenvalue weighted by atomic mass is 79.9. The summed E-state index contributed by atoms with van der Waals surface area (Å²) in [5.74, 6) is 0. The average Bonchev–Trinajstić information content (AvgIpc) is 3.03. The van der Waals surface area contributed by atoms with Crippen molar-refractivity contribution in [1.82, 2.24) is 9.55 Å². The second-order valence-electron chi connectivity index (χ2n) is 6.01. The molecule has 0 aliphatic carbocycles. The first-order chi connectivity index (χ1) is 11.2. The molecule has 5 rings (SSSR count). The van der Waals surface area contributed by atoms with Crippen LogP contribution in [0.15, 0.2) is 57.9 Å². The van der Waals surface area contributed by atoms with Gasteiger partial charge in [-0.2, -0.15) is 0 Å². The molecular weight excluding hydrogens is 418 g/mol. The lowest BCUT2D eigenvalue weighted by Crippen LogP contribution is -2.40. The summed E-state index contributed by atoms with van der Waals surface area (Å²) in [6.45, 7) is 1.03. The van der Waals surface area contributed by atoms with Crippen LogP contribution in [0.25, 0.3) is 5.69 Å². The first-order valence-electron chi connectivity index (χ1n) is 7.59. The van der Waals surface area contributed by atoms with Gasteiger partial charge < -0.3 is 4.90 Å². The fraction of sp³-hybridized carbons (Fsp3) is 0.167. The van der Waals surface area contributed by atoms with E-state index in [9.17, 15) is 0 Å². The van der Waals surface area contributed by atoms with E-state index in [1.807, 2.05) is 12.5 Å². The maximum absolute atomic E-state index is 4.43. The number of benzene rings is 2. The molecule has 1 atom stereocenters. The number of aromatic nitrogens is 2. The minimum atomic E-state index is 0.229. The first kappa shape index (κ1) is 13.8. The van der Waals surface area contributed by atoms with Crippen molar-refractivity contribution in [1.29, 1.82) is 0 Å². The Labute approximate surface area is 151 Å². The summed E-state index contributed by atoms with van der Waals surface area (Å²) in [7, 11) is 0. The van der Waals surface area contributed by atoms with Gasteiger partial charge in [0, 0.05) is 15.5 Å². The molecule has 0 N–H and O–H groups in total. The highest BCUT2D eigenvalue weighted by Gasteiger charge is 2.36. The normalized spacial score (nSPS) is 18.0. The van der Waals surface area contributed by atoms with Crippen LogP contribution in [0, 0.1) is 0 Å². The molecule has 3 aromatic rings. The summed E-state index contributed by atoms with van der Waals surface area (Å²) in [4.78, 5) is 6.94. The number of fused-ring (bicyclic) bond motifs is 8. The number of halogens is 2. The number of anilines is 1. The van der Waals surface area contributed by atoms with Crippen molar-refractivity contribution < 1.29 is 0 Å². The van der Waals surface area contributed by atoms with E-state index in [2.05, 4.69) is 82.7 Å². The topological polar surface area (TPSA) is 21.1 Å². The van der Waals surface area contributed by atoms with Crippen LogP contribution < -0.4 is 4.90 Å². The molecule has 3 heterocycles. The van der Waals surface area contributed by atoms with Crippen LogP contribution >= 0.6 is 31.9 Å². The lowest BCUT2D eigenvalue weighted by Gasteiger charge is -2.43. The van der Waals surface area contributed by atoms with Gasteiger partial charge in [0.15, 0.2) is 0 Å². The minimum absolute atomic E-state index is 0.229. The van der Waals surface area contributed by atoms with Gasteiger partial charge in [0.2, 0.25) is 0 Å². The fourth-order valence-electron chi connectivity index (χ4n) is 3.81. The van der Waals surface area contributed by atoms with E-state index < -0.39 is 0 Å². The van der Waals surface area contributed by atoms with Crippen LogP contribution in [0.3, 0.4) is 0 Å². The third-order valence-corrected chi connectivity index (χ3v) is 5.78. The van der Waals surface area contributed by atoms with Crippen molar-refractivity contribution in [2.24, 2.45) is 0 Å². The van der Waals surface area contributed by atoms with Gasteiger partial charge in [0.1, 0.15) is 0 Å². The Kier molecular flexibility index (Phi) is 2.97. The lowest BCUT2D eigenvalue weighted by atomic mass is 9.89. The number of rotatable bonds is 0. The van der Waals surface area contributed by atoms with Crippen molar-refractivity contribution in [3.05, 3.63) is 74.7 Å². The first-order valence-corrected chi connectivity index (χ1v) is 9.18. The van der Waals surface area contributed by atoms with Crippen molar-refractivity contribution in [2.75, 3.05) is 11.4 Å². The number of imidazole rings is 1. The van der Waals surface area contributed by atoms with Gasteiger partial charge in [-0.1, -0.05) is 37.9 Å². The molecule has 0 fully saturated rings. The Balaban J connectivity index is 1.80. The molecule has 0 bridgehead atoms. The molecule has 2 aliphatic heterocycles. The summed E-state index contributed by atoms with van der Waals surface area (Å²) in [6, 6.07) is 13.4. The quantitative estimate of drug-likeness (QED) is 0.507. The van der Waals surface area contributed by atoms with Crippen LogP contribution in [-0.4, -0.2) is 16.1 Å². The maximum Gasteiger partial charge on any atom is 0.0995 e. The molecule has 2 aromatic carbocycles. The van der Waals surface area contributed by atoms with Gasteiger partial charge in [0.25, 0.3) is 0 Å². The van der Waals surface area contributed by atoms with Crippen LogP contribution in [0.5, 0.6) is 0 Å². The Morgan fingerprint density at radius 1 is 1.00 bits per heavy atom. The molecule has 0 saturated carbocycles. The molecular formula is C18H13Br2N3. The van der Waals surface area contributed by atoms with E-state index in [0.717, 1.165) is 21.9 Å². The molecule has 0 amide bonds. The minimum Gasteiger partial charge on any atom is -0.357 e. The predicted molar refractivity (Wildman–Crippen MR) is 98.3 cm³/mol. The highest BCUT2D eigenvalue weighted by Crippen LogP contribution is 2.45. The lowest BCUT2D eigenvalue weighted by molar-refractivity contribution is 0.610. The molecule has 2 aliphatic rings. The highest BCUT2D eigenvalue weighted by molar-refractivity contribution is 9.10. The van der Waals surface area contributed by atoms with E-state index in [0.29, 0.717) is 0 Å². The van der Waals surface area contributed by atoms with Crippen molar-refractivity contribution in [2.45, 2.75) is 12.5 Å². The van der Waals surface area contributed by atoms with Crippen molar-refractivity contribution >= 4 is 37.5 Å². The van der Waals surface area contributed by atoms with Crippen molar-refractivity contribution in [3.63, 3.8) is 0 Å². The summed E-state index contributed by atoms with van der Waals surface area (Å²) in [5, 5.41) is 0. The smallest absolute Gasteiger partial charge is 0.0995 e. The van der Waals surface area contributed by atoms with E-state index in [4.69, 9.17) is 0 Å². The SMILES string of the molecule is Brc1ccc2c(c1)C1c3cncn3-c3cc(Br)ccc3N1CC2. The Bertz CT molecular complexity index is 932. The summed E-state index contributed by atoms with van der Waals surface area (Å²) >= 11 is 7.23. The number of hydrogen-bond acceptors (Lipinski definition) is 2. The van der Waals surface area contributed by atoms with Gasteiger partial charge in [-0.3, -0.25) is 4.57 Å². The fourth-order valence-corrected chi connectivity index (χ4v) is 4.53. The molecule has 114 valence electrons. The summed E-state index contributed by atoms with van der Waals surface area (Å²) < 4.78 is 4.44. The largest absolute Gasteiger partial charge is 0.357 e. The molecule has 0 saturated heterocycles. The third kappa shape index (κ3) is 1.96. The third-order valence-electron chi connectivity index (χ3n) is 4.79. The molecule has 0 radical (unpaired) electrons. The van der Waals surface area contributed by atoms with Crippen molar-refractivity contribution in [3.8, 4) is 5.69 Å². The predicted octanol–water partition coefficient (Wildman–Crippen LogP) is 4.86. The molecule has 5 heteroatoms. The van der Waals surface area contributed by atoms with E-state index >= 15 is 0 Å². The van der Waals surface area contributed by atoms with Gasteiger partial charge >= 0.3 is 0 Å². The molecule has 1 unspecified atom stereocenters. The summed E-state index contributed by atoms with van der Waals surface area (Å²) in [6.07, 6.45) is 4.99. The summed E-state index contributed by atoms with van der Waals surface area (Å²) in [5.41, 5.74) is 6.51. The second kappa shape index (κ2) is 4.95. The van der Waals surface area contributed by atoms with E-state index in [-0.39, 0.29) is 6.04 Å². The van der Waals surface area contributed by atoms with Crippen LogP contribution in [0.4, 0.5) is 5.69 Å². The van der Waals surface area contributed by atoms with Gasteiger partial charge in [0.05, 0.1) is 35.6 Å². The Morgan fingerprint density at radius 3 is 2.74 bits per heavy atom. The maximum atomic E-state index is 4.43. The molecule has 23 heavy (non-hydrogen) atoms. The zero-order valence-corrected chi connectivity index (χ0v) is 15.4. The van der Waals surface area contributed by atoms with Gasteiger partial charge in [-0.25, -0.2) is 4.98 Å².